The fourth-order valence-electron chi connectivity index (χ4n) is 2.07. The van der Waals surface area contributed by atoms with Gasteiger partial charge in [-0.2, -0.15) is 0 Å². The number of benzene rings is 1. The summed E-state index contributed by atoms with van der Waals surface area (Å²) in [7, 11) is 0. The van der Waals surface area contributed by atoms with Gasteiger partial charge in [-0.25, -0.2) is 0 Å². The SMILES string of the molecule is C=C(CC)CC(C(=O)O)(C(=O)OCC)c1ccc(Br)cc1. The summed E-state index contributed by atoms with van der Waals surface area (Å²) in [6, 6.07) is 6.66. The van der Waals surface area contributed by atoms with E-state index in [9.17, 15) is 14.7 Å². The predicted molar refractivity (Wildman–Crippen MR) is 84.1 cm³/mol. The molecule has 0 spiro atoms. The molecule has 0 aliphatic heterocycles. The summed E-state index contributed by atoms with van der Waals surface area (Å²) < 4.78 is 5.84. The highest BCUT2D eigenvalue weighted by atomic mass is 79.9. The Morgan fingerprint density at radius 1 is 1.29 bits per heavy atom. The van der Waals surface area contributed by atoms with E-state index in [-0.39, 0.29) is 13.0 Å². The van der Waals surface area contributed by atoms with Crippen LogP contribution in [0.4, 0.5) is 0 Å². The number of hydrogen-bond donors (Lipinski definition) is 1. The fraction of sp³-hybridized carbons (Fsp3) is 0.375. The van der Waals surface area contributed by atoms with Crippen molar-refractivity contribution < 1.29 is 19.4 Å². The fourth-order valence-corrected chi connectivity index (χ4v) is 2.33. The van der Waals surface area contributed by atoms with Crippen LogP contribution in [0.25, 0.3) is 0 Å². The van der Waals surface area contributed by atoms with E-state index in [0.717, 1.165) is 4.47 Å². The second-order valence-electron chi connectivity index (χ2n) is 4.72. The first-order valence-electron chi connectivity index (χ1n) is 6.71. The number of ether oxygens (including phenoxy) is 1. The second kappa shape index (κ2) is 7.41. The van der Waals surface area contributed by atoms with Gasteiger partial charge < -0.3 is 9.84 Å². The smallest absolute Gasteiger partial charge is 0.328 e. The number of hydrogen-bond acceptors (Lipinski definition) is 3. The first-order valence-corrected chi connectivity index (χ1v) is 7.51. The Kier molecular flexibility index (Phi) is 6.15. The van der Waals surface area contributed by atoms with E-state index in [1.165, 1.54) is 0 Å². The third-order valence-corrected chi connectivity index (χ3v) is 3.87. The van der Waals surface area contributed by atoms with Crippen molar-refractivity contribution in [1.82, 2.24) is 0 Å². The number of carbonyl (C=O) groups is 2. The number of allylic oxidation sites excluding steroid dienone is 1. The van der Waals surface area contributed by atoms with Gasteiger partial charge >= 0.3 is 11.9 Å². The van der Waals surface area contributed by atoms with Gasteiger partial charge in [0.05, 0.1) is 6.61 Å². The molecule has 0 radical (unpaired) electrons. The van der Waals surface area contributed by atoms with Gasteiger partial charge in [0.15, 0.2) is 5.41 Å². The van der Waals surface area contributed by atoms with Crippen LogP contribution in [0.5, 0.6) is 0 Å². The molecule has 1 aromatic carbocycles. The van der Waals surface area contributed by atoms with Crippen molar-refractivity contribution in [3.63, 3.8) is 0 Å². The molecule has 114 valence electrons. The standard InChI is InChI=1S/C16H19BrO4/c1-4-11(3)10-16(14(18)19,15(20)21-5-2)12-6-8-13(17)9-7-12/h6-9H,3-5,10H2,1-2H3,(H,18,19). The number of carbonyl (C=O) groups excluding carboxylic acids is 1. The molecule has 0 bridgehead atoms. The van der Waals surface area contributed by atoms with E-state index in [2.05, 4.69) is 22.5 Å². The Labute approximate surface area is 132 Å². The highest BCUT2D eigenvalue weighted by molar-refractivity contribution is 9.10. The van der Waals surface area contributed by atoms with Gasteiger partial charge in [-0.3, -0.25) is 9.59 Å². The Hall–Kier alpha value is -1.62. The molecule has 0 aliphatic carbocycles. The van der Waals surface area contributed by atoms with E-state index in [1.54, 1.807) is 31.2 Å². The van der Waals surface area contributed by atoms with Crippen molar-refractivity contribution in [2.24, 2.45) is 0 Å². The van der Waals surface area contributed by atoms with E-state index in [0.29, 0.717) is 17.6 Å². The quantitative estimate of drug-likeness (QED) is 0.460. The van der Waals surface area contributed by atoms with Crippen LogP contribution in [0, 0.1) is 0 Å². The van der Waals surface area contributed by atoms with Gasteiger partial charge in [0.2, 0.25) is 0 Å². The topological polar surface area (TPSA) is 63.6 Å². The maximum Gasteiger partial charge on any atom is 0.328 e. The zero-order valence-electron chi connectivity index (χ0n) is 12.2. The monoisotopic (exact) mass is 354 g/mol. The normalized spacial score (nSPS) is 13.3. The molecule has 0 fully saturated rings. The number of aliphatic carboxylic acids is 1. The highest BCUT2D eigenvalue weighted by Gasteiger charge is 2.49. The van der Waals surface area contributed by atoms with Gasteiger partial charge in [0.25, 0.3) is 0 Å². The van der Waals surface area contributed by atoms with Gasteiger partial charge in [-0.05, 0) is 37.5 Å². The molecule has 1 atom stereocenters. The molecule has 0 aromatic heterocycles. The molecule has 4 nitrogen and oxygen atoms in total. The number of halogens is 1. The van der Waals surface area contributed by atoms with Crippen LogP contribution >= 0.6 is 15.9 Å². The van der Waals surface area contributed by atoms with Crippen LogP contribution in [0.3, 0.4) is 0 Å². The molecule has 1 aromatic rings. The van der Waals surface area contributed by atoms with Crippen LogP contribution in [-0.2, 0) is 19.7 Å². The molecule has 21 heavy (non-hydrogen) atoms. The van der Waals surface area contributed by atoms with Gasteiger partial charge in [0, 0.05) is 4.47 Å². The zero-order chi connectivity index (χ0) is 16.0. The van der Waals surface area contributed by atoms with E-state index in [4.69, 9.17) is 4.74 Å². The van der Waals surface area contributed by atoms with Crippen molar-refractivity contribution in [2.45, 2.75) is 32.1 Å². The lowest BCUT2D eigenvalue weighted by molar-refractivity contribution is -0.161. The lowest BCUT2D eigenvalue weighted by atomic mass is 9.75. The molecule has 1 rings (SSSR count). The lowest BCUT2D eigenvalue weighted by Gasteiger charge is -2.28. The summed E-state index contributed by atoms with van der Waals surface area (Å²) in [6.45, 7) is 7.50. The Balaban J connectivity index is 3.42. The largest absolute Gasteiger partial charge is 0.480 e. The van der Waals surface area contributed by atoms with Crippen molar-refractivity contribution in [3.8, 4) is 0 Å². The zero-order valence-corrected chi connectivity index (χ0v) is 13.8. The molecule has 1 unspecified atom stereocenters. The molecule has 0 aliphatic rings. The third-order valence-electron chi connectivity index (χ3n) is 3.34. The third kappa shape index (κ3) is 3.73. The van der Waals surface area contributed by atoms with Crippen molar-refractivity contribution in [2.75, 3.05) is 6.61 Å². The molecular weight excluding hydrogens is 336 g/mol. The summed E-state index contributed by atoms with van der Waals surface area (Å²) in [5, 5.41) is 9.73. The van der Waals surface area contributed by atoms with Crippen LogP contribution < -0.4 is 0 Å². The number of rotatable bonds is 7. The summed E-state index contributed by atoms with van der Waals surface area (Å²) >= 11 is 3.30. The highest BCUT2D eigenvalue weighted by Crippen LogP contribution is 2.34. The average molecular weight is 355 g/mol. The molecule has 0 heterocycles. The summed E-state index contributed by atoms with van der Waals surface area (Å²) in [5.74, 6) is -1.98. The van der Waals surface area contributed by atoms with E-state index < -0.39 is 17.4 Å². The molecule has 0 saturated carbocycles. The molecule has 0 saturated heterocycles. The lowest BCUT2D eigenvalue weighted by Crippen LogP contribution is -2.45. The first kappa shape index (κ1) is 17.4. The minimum atomic E-state index is -1.75. The van der Waals surface area contributed by atoms with Gasteiger partial charge in [-0.15, -0.1) is 0 Å². The Bertz CT molecular complexity index is 536. The predicted octanol–water partition coefficient (Wildman–Crippen LogP) is 3.69. The van der Waals surface area contributed by atoms with Crippen LogP contribution in [0.1, 0.15) is 32.3 Å². The van der Waals surface area contributed by atoms with Crippen molar-refractivity contribution in [3.05, 3.63) is 46.5 Å². The molecule has 0 amide bonds. The Morgan fingerprint density at radius 2 is 1.86 bits per heavy atom. The van der Waals surface area contributed by atoms with Crippen LogP contribution in [0.15, 0.2) is 40.9 Å². The number of carboxylic acid groups (broad SMARTS) is 1. The maximum atomic E-state index is 12.4. The van der Waals surface area contributed by atoms with Crippen molar-refractivity contribution >= 4 is 27.9 Å². The van der Waals surface area contributed by atoms with Crippen LogP contribution in [-0.4, -0.2) is 23.7 Å². The molecular formula is C16H19BrO4. The second-order valence-corrected chi connectivity index (χ2v) is 5.63. The Morgan fingerprint density at radius 3 is 2.29 bits per heavy atom. The van der Waals surface area contributed by atoms with E-state index in [1.807, 2.05) is 6.92 Å². The molecule has 5 heteroatoms. The maximum absolute atomic E-state index is 12.4. The minimum Gasteiger partial charge on any atom is -0.480 e. The summed E-state index contributed by atoms with van der Waals surface area (Å²) in [5.41, 5.74) is -0.663. The minimum absolute atomic E-state index is 0.0271. The average Bonchev–Trinajstić information content (AvgIpc) is 2.45. The first-order chi connectivity index (χ1) is 9.88. The van der Waals surface area contributed by atoms with E-state index >= 15 is 0 Å². The number of carboxylic acids is 1. The summed E-state index contributed by atoms with van der Waals surface area (Å²) in [6.07, 6.45) is 0.629. The van der Waals surface area contributed by atoms with Gasteiger partial charge in [0.1, 0.15) is 0 Å². The molecule has 1 N–H and O–H groups in total. The van der Waals surface area contributed by atoms with Gasteiger partial charge in [-0.1, -0.05) is 47.1 Å². The number of esters is 1. The van der Waals surface area contributed by atoms with Crippen LogP contribution in [0.2, 0.25) is 0 Å². The summed E-state index contributed by atoms with van der Waals surface area (Å²) in [4.78, 5) is 24.3. The van der Waals surface area contributed by atoms with Crippen molar-refractivity contribution in [1.29, 1.82) is 0 Å².